The third kappa shape index (κ3) is 1.72. The maximum atomic E-state index is 5.14. The number of fused-ring (bicyclic) bond motifs is 1. The minimum Gasteiger partial charge on any atom is -0.377 e. The Morgan fingerprint density at radius 2 is 2.27 bits per heavy atom. The zero-order valence-corrected chi connectivity index (χ0v) is 9.27. The zero-order valence-electron chi connectivity index (χ0n) is 9.27. The molecule has 0 aliphatic carbocycles. The molecule has 0 aromatic carbocycles. The van der Waals surface area contributed by atoms with Crippen molar-refractivity contribution >= 4 is 11.0 Å². The highest BCUT2D eigenvalue weighted by Gasteiger charge is 2.12. The van der Waals surface area contributed by atoms with Gasteiger partial charge in [-0.2, -0.15) is 0 Å². The molecule has 2 aromatic rings. The molecule has 0 fully saturated rings. The molecular weight excluding hydrogens is 190 g/mol. The van der Waals surface area contributed by atoms with Gasteiger partial charge in [-0.1, -0.05) is 0 Å². The second-order valence-electron chi connectivity index (χ2n) is 3.79. The average Bonchev–Trinajstić information content (AvgIpc) is 2.56. The van der Waals surface area contributed by atoms with Crippen LogP contribution in [0.5, 0.6) is 0 Å². The summed E-state index contributed by atoms with van der Waals surface area (Å²) in [6.45, 7) is 4.81. The SMILES string of the molecule is COCc1nc2cnccc2n1C(C)C. The smallest absolute Gasteiger partial charge is 0.136 e. The molecule has 80 valence electrons. The maximum absolute atomic E-state index is 5.14. The fraction of sp³-hybridized carbons (Fsp3) is 0.455. The quantitative estimate of drug-likeness (QED) is 0.770. The molecule has 0 spiro atoms. The van der Waals surface area contributed by atoms with Crippen LogP contribution in [0.25, 0.3) is 11.0 Å². The lowest BCUT2D eigenvalue weighted by Gasteiger charge is -2.12. The van der Waals surface area contributed by atoms with Crippen LogP contribution in [0.3, 0.4) is 0 Å². The molecule has 0 radical (unpaired) electrons. The molecular formula is C11H15N3O. The lowest BCUT2D eigenvalue weighted by atomic mass is 10.3. The summed E-state index contributed by atoms with van der Waals surface area (Å²) in [5, 5.41) is 0. The van der Waals surface area contributed by atoms with Crippen LogP contribution in [0, 0.1) is 0 Å². The molecule has 4 nitrogen and oxygen atoms in total. The first-order valence-corrected chi connectivity index (χ1v) is 5.03. The van der Waals surface area contributed by atoms with Crippen molar-refractivity contribution in [2.45, 2.75) is 26.5 Å². The van der Waals surface area contributed by atoms with Gasteiger partial charge in [0.05, 0.1) is 11.7 Å². The molecule has 4 heteroatoms. The number of hydrogen-bond acceptors (Lipinski definition) is 3. The van der Waals surface area contributed by atoms with E-state index >= 15 is 0 Å². The van der Waals surface area contributed by atoms with Crippen molar-refractivity contribution in [1.29, 1.82) is 0 Å². The van der Waals surface area contributed by atoms with E-state index in [1.54, 1.807) is 19.5 Å². The van der Waals surface area contributed by atoms with Gasteiger partial charge in [-0.3, -0.25) is 4.98 Å². The highest BCUT2D eigenvalue weighted by Crippen LogP contribution is 2.20. The van der Waals surface area contributed by atoms with Gasteiger partial charge in [0.1, 0.15) is 17.9 Å². The lowest BCUT2D eigenvalue weighted by Crippen LogP contribution is -2.06. The summed E-state index contributed by atoms with van der Waals surface area (Å²) >= 11 is 0. The molecule has 0 aliphatic rings. The van der Waals surface area contributed by atoms with E-state index < -0.39 is 0 Å². The Kier molecular flexibility index (Phi) is 2.68. The van der Waals surface area contributed by atoms with E-state index in [1.807, 2.05) is 6.07 Å². The minimum atomic E-state index is 0.377. The number of rotatable bonds is 3. The van der Waals surface area contributed by atoms with Crippen molar-refractivity contribution in [3.8, 4) is 0 Å². The Bertz CT molecular complexity index is 462. The standard InChI is InChI=1S/C11H15N3O/c1-8(2)14-10-4-5-12-6-9(10)13-11(14)7-15-3/h4-6,8H,7H2,1-3H3. The second-order valence-corrected chi connectivity index (χ2v) is 3.79. The normalized spacial score (nSPS) is 11.5. The molecule has 2 rings (SSSR count). The summed E-state index contributed by atoms with van der Waals surface area (Å²) in [4.78, 5) is 8.57. The van der Waals surface area contributed by atoms with E-state index in [-0.39, 0.29) is 0 Å². The van der Waals surface area contributed by atoms with Crippen molar-refractivity contribution in [2.24, 2.45) is 0 Å². The number of ether oxygens (including phenoxy) is 1. The van der Waals surface area contributed by atoms with E-state index in [9.17, 15) is 0 Å². The van der Waals surface area contributed by atoms with Gasteiger partial charge < -0.3 is 9.30 Å². The van der Waals surface area contributed by atoms with E-state index in [0.717, 1.165) is 16.9 Å². The number of imidazole rings is 1. The number of pyridine rings is 1. The predicted octanol–water partition coefficient (Wildman–Crippen LogP) is 2.16. The molecule has 2 aromatic heterocycles. The van der Waals surface area contributed by atoms with Gasteiger partial charge in [-0.15, -0.1) is 0 Å². The number of hydrogen-bond donors (Lipinski definition) is 0. The van der Waals surface area contributed by atoms with Gasteiger partial charge in [0, 0.05) is 19.3 Å². The predicted molar refractivity (Wildman–Crippen MR) is 58.6 cm³/mol. The van der Waals surface area contributed by atoms with Gasteiger partial charge in [-0.25, -0.2) is 4.98 Å². The highest BCUT2D eigenvalue weighted by molar-refractivity contribution is 5.74. The van der Waals surface area contributed by atoms with Crippen molar-refractivity contribution in [2.75, 3.05) is 7.11 Å². The van der Waals surface area contributed by atoms with Crippen LogP contribution in [0.1, 0.15) is 25.7 Å². The Morgan fingerprint density at radius 3 is 2.93 bits per heavy atom. The highest BCUT2D eigenvalue weighted by atomic mass is 16.5. The van der Waals surface area contributed by atoms with Crippen LogP contribution in [0.15, 0.2) is 18.5 Å². The summed E-state index contributed by atoms with van der Waals surface area (Å²) in [6, 6.07) is 2.36. The maximum Gasteiger partial charge on any atom is 0.136 e. The van der Waals surface area contributed by atoms with E-state index in [0.29, 0.717) is 12.6 Å². The summed E-state index contributed by atoms with van der Waals surface area (Å²) in [7, 11) is 1.68. The van der Waals surface area contributed by atoms with Crippen LogP contribution >= 0.6 is 0 Å². The molecule has 0 unspecified atom stereocenters. The van der Waals surface area contributed by atoms with Crippen LogP contribution in [-0.2, 0) is 11.3 Å². The molecule has 15 heavy (non-hydrogen) atoms. The van der Waals surface area contributed by atoms with Crippen LogP contribution in [0.4, 0.5) is 0 Å². The molecule has 0 amide bonds. The van der Waals surface area contributed by atoms with Crippen LogP contribution in [-0.4, -0.2) is 21.6 Å². The van der Waals surface area contributed by atoms with Gasteiger partial charge in [0.25, 0.3) is 0 Å². The van der Waals surface area contributed by atoms with Crippen molar-refractivity contribution in [3.05, 3.63) is 24.3 Å². The largest absolute Gasteiger partial charge is 0.377 e. The van der Waals surface area contributed by atoms with Crippen LogP contribution in [0.2, 0.25) is 0 Å². The van der Waals surface area contributed by atoms with Gasteiger partial charge in [0.15, 0.2) is 0 Å². The van der Waals surface area contributed by atoms with E-state index in [2.05, 4.69) is 28.4 Å². The van der Waals surface area contributed by atoms with Gasteiger partial charge in [0.2, 0.25) is 0 Å². The monoisotopic (exact) mass is 205 g/mol. The summed E-state index contributed by atoms with van der Waals surface area (Å²) in [6.07, 6.45) is 3.58. The van der Waals surface area contributed by atoms with Crippen LogP contribution < -0.4 is 0 Å². The Balaban J connectivity index is 2.63. The topological polar surface area (TPSA) is 39.9 Å². The summed E-state index contributed by atoms with van der Waals surface area (Å²) in [5.41, 5.74) is 2.05. The molecule has 0 atom stereocenters. The third-order valence-electron chi connectivity index (χ3n) is 2.35. The second kappa shape index (κ2) is 3.98. The average molecular weight is 205 g/mol. The molecule has 2 heterocycles. The fourth-order valence-electron chi connectivity index (χ4n) is 1.81. The molecule has 0 saturated carbocycles. The summed E-state index contributed by atoms with van der Waals surface area (Å²) < 4.78 is 7.33. The van der Waals surface area contributed by atoms with E-state index in [1.165, 1.54) is 0 Å². The number of nitrogens with zero attached hydrogens (tertiary/aromatic N) is 3. The Morgan fingerprint density at radius 1 is 1.47 bits per heavy atom. The van der Waals surface area contributed by atoms with Gasteiger partial charge >= 0.3 is 0 Å². The van der Waals surface area contributed by atoms with Gasteiger partial charge in [-0.05, 0) is 19.9 Å². The lowest BCUT2D eigenvalue weighted by molar-refractivity contribution is 0.173. The molecule has 0 bridgehead atoms. The number of aromatic nitrogens is 3. The van der Waals surface area contributed by atoms with E-state index in [4.69, 9.17) is 4.74 Å². The molecule has 0 aliphatic heterocycles. The molecule has 0 saturated heterocycles. The zero-order chi connectivity index (χ0) is 10.8. The first kappa shape index (κ1) is 10.1. The van der Waals surface area contributed by atoms with Crippen molar-refractivity contribution < 1.29 is 4.74 Å². The molecule has 0 N–H and O–H groups in total. The third-order valence-corrected chi connectivity index (χ3v) is 2.35. The minimum absolute atomic E-state index is 0.377. The first-order valence-electron chi connectivity index (χ1n) is 5.03. The fourth-order valence-corrected chi connectivity index (χ4v) is 1.81. The van der Waals surface area contributed by atoms with Crippen molar-refractivity contribution in [1.82, 2.24) is 14.5 Å². The first-order chi connectivity index (χ1) is 7.24. The number of methoxy groups -OCH3 is 1. The Labute approximate surface area is 88.9 Å². The van der Waals surface area contributed by atoms with Crippen molar-refractivity contribution in [3.63, 3.8) is 0 Å². The summed E-state index contributed by atoms with van der Waals surface area (Å²) in [5.74, 6) is 0.954. The Hall–Kier alpha value is -1.42.